The molecule has 1 aliphatic rings. The average Bonchev–Trinajstić information content (AvgIpc) is 2.36. The summed E-state index contributed by atoms with van der Waals surface area (Å²) in [5.74, 6) is 1.76. The fourth-order valence-corrected chi connectivity index (χ4v) is 2.12. The van der Waals surface area contributed by atoms with Gasteiger partial charge in [0.2, 0.25) is 0 Å². The zero-order chi connectivity index (χ0) is 11.0. The Bertz CT molecular complexity index is 474. The SMILES string of the molecule is COC1c2ccccc2Oc2ccccc21. The Morgan fingerprint density at radius 3 is 1.88 bits per heavy atom. The highest BCUT2D eigenvalue weighted by Crippen LogP contribution is 2.43. The second-order valence-corrected chi connectivity index (χ2v) is 3.79. The van der Waals surface area contributed by atoms with Gasteiger partial charge in [-0.15, -0.1) is 0 Å². The van der Waals surface area contributed by atoms with Crippen LogP contribution < -0.4 is 4.74 Å². The number of methoxy groups -OCH3 is 1. The molecule has 0 aromatic heterocycles. The van der Waals surface area contributed by atoms with Gasteiger partial charge >= 0.3 is 0 Å². The van der Waals surface area contributed by atoms with Gasteiger partial charge in [0.05, 0.1) is 0 Å². The fraction of sp³-hybridized carbons (Fsp3) is 0.143. The van der Waals surface area contributed by atoms with Crippen LogP contribution in [-0.2, 0) is 4.74 Å². The standard InChI is InChI=1S/C14H12O2/c1-15-14-10-6-2-4-8-12(10)16-13-9-5-3-7-11(13)14/h2-9,14H,1H3. The van der Waals surface area contributed by atoms with E-state index in [9.17, 15) is 0 Å². The Hall–Kier alpha value is -1.80. The smallest absolute Gasteiger partial charge is 0.133 e. The Kier molecular flexibility index (Phi) is 2.15. The summed E-state index contributed by atoms with van der Waals surface area (Å²) >= 11 is 0. The lowest BCUT2D eigenvalue weighted by molar-refractivity contribution is 0.126. The minimum Gasteiger partial charge on any atom is -0.457 e. The summed E-state index contributed by atoms with van der Waals surface area (Å²) in [6.07, 6.45) is -0.0267. The highest BCUT2D eigenvalue weighted by atomic mass is 16.5. The molecule has 80 valence electrons. The lowest BCUT2D eigenvalue weighted by Crippen LogP contribution is -2.11. The molecule has 3 rings (SSSR count). The van der Waals surface area contributed by atoms with Crippen molar-refractivity contribution in [3.63, 3.8) is 0 Å². The molecule has 16 heavy (non-hydrogen) atoms. The van der Waals surface area contributed by atoms with Crippen LogP contribution in [0.1, 0.15) is 17.2 Å². The largest absolute Gasteiger partial charge is 0.457 e. The molecular formula is C14H12O2. The number of fused-ring (bicyclic) bond motifs is 2. The molecule has 0 fully saturated rings. The van der Waals surface area contributed by atoms with Gasteiger partial charge in [0.25, 0.3) is 0 Å². The molecule has 0 saturated carbocycles. The first-order chi connectivity index (χ1) is 7.90. The van der Waals surface area contributed by atoms with Crippen LogP contribution in [0.5, 0.6) is 11.5 Å². The predicted octanol–water partition coefficient (Wildman–Crippen LogP) is 3.53. The summed E-state index contributed by atoms with van der Waals surface area (Å²) in [5, 5.41) is 0. The molecule has 0 spiro atoms. The molecule has 0 N–H and O–H groups in total. The summed E-state index contributed by atoms with van der Waals surface area (Å²) in [4.78, 5) is 0. The molecule has 0 atom stereocenters. The van der Waals surface area contributed by atoms with E-state index in [2.05, 4.69) is 0 Å². The first kappa shape index (κ1) is 9.43. The average molecular weight is 212 g/mol. The molecule has 0 amide bonds. The van der Waals surface area contributed by atoms with Gasteiger partial charge in [-0.25, -0.2) is 0 Å². The minimum absolute atomic E-state index is 0.0267. The lowest BCUT2D eigenvalue weighted by atomic mass is 9.97. The first-order valence-electron chi connectivity index (χ1n) is 5.28. The van der Waals surface area contributed by atoms with Crippen molar-refractivity contribution in [1.82, 2.24) is 0 Å². The van der Waals surface area contributed by atoms with Crippen molar-refractivity contribution in [2.75, 3.05) is 7.11 Å². The Balaban J connectivity index is 2.19. The van der Waals surface area contributed by atoms with E-state index in [1.54, 1.807) is 7.11 Å². The van der Waals surface area contributed by atoms with E-state index < -0.39 is 0 Å². The highest BCUT2D eigenvalue weighted by molar-refractivity contribution is 5.51. The third-order valence-electron chi connectivity index (χ3n) is 2.86. The van der Waals surface area contributed by atoms with Crippen LogP contribution in [0.25, 0.3) is 0 Å². The van der Waals surface area contributed by atoms with Gasteiger partial charge in [-0.3, -0.25) is 0 Å². The van der Waals surface area contributed by atoms with Crippen LogP contribution in [0.15, 0.2) is 48.5 Å². The Morgan fingerprint density at radius 1 is 0.875 bits per heavy atom. The molecular weight excluding hydrogens is 200 g/mol. The van der Waals surface area contributed by atoms with Crippen LogP contribution in [0.4, 0.5) is 0 Å². The van der Waals surface area contributed by atoms with E-state index in [1.165, 1.54) is 0 Å². The summed E-state index contributed by atoms with van der Waals surface area (Å²) in [6.45, 7) is 0. The maximum absolute atomic E-state index is 5.83. The summed E-state index contributed by atoms with van der Waals surface area (Å²) < 4.78 is 11.4. The highest BCUT2D eigenvalue weighted by Gasteiger charge is 2.26. The van der Waals surface area contributed by atoms with Crippen molar-refractivity contribution in [2.24, 2.45) is 0 Å². The second-order valence-electron chi connectivity index (χ2n) is 3.79. The second kappa shape index (κ2) is 3.65. The number of para-hydroxylation sites is 2. The first-order valence-corrected chi connectivity index (χ1v) is 5.28. The molecule has 1 aliphatic heterocycles. The van der Waals surface area contributed by atoms with E-state index >= 15 is 0 Å². The van der Waals surface area contributed by atoms with E-state index in [0.29, 0.717) is 0 Å². The molecule has 0 saturated heterocycles. The Morgan fingerprint density at radius 2 is 1.38 bits per heavy atom. The van der Waals surface area contributed by atoms with Gasteiger partial charge in [0.15, 0.2) is 0 Å². The van der Waals surface area contributed by atoms with Gasteiger partial charge in [-0.05, 0) is 12.1 Å². The molecule has 2 nitrogen and oxygen atoms in total. The summed E-state index contributed by atoms with van der Waals surface area (Å²) in [6, 6.07) is 16.0. The van der Waals surface area contributed by atoms with Crippen LogP contribution >= 0.6 is 0 Å². The maximum Gasteiger partial charge on any atom is 0.133 e. The number of hydrogen-bond acceptors (Lipinski definition) is 2. The predicted molar refractivity (Wildman–Crippen MR) is 61.8 cm³/mol. The molecule has 2 heteroatoms. The van der Waals surface area contributed by atoms with Crippen molar-refractivity contribution >= 4 is 0 Å². The minimum atomic E-state index is -0.0267. The van der Waals surface area contributed by atoms with Crippen LogP contribution in [-0.4, -0.2) is 7.11 Å². The maximum atomic E-state index is 5.83. The number of benzene rings is 2. The van der Waals surface area contributed by atoms with Gasteiger partial charge < -0.3 is 9.47 Å². The number of hydrogen-bond donors (Lipinski definition) is 0. The third-order valence-corrected chi connectivity index (χ3v) is 2.86. The van der Waals surface area contributed by atoms with Gasteiger partial charge in [0.1, 0.15) is 17.6 Å². The Labute approximate surface area is 94.4 Å². The molecule has 2 aromatic rings. The number of ether oxygens (including phenoxy) is 2. The van der Waals surface area contributed by atoms with Crippen LogP contribution in [0.3, 0.4) is 0 Å². The zero-order valence-corrected chi connectivity index (χ0v) is 9.01. The van der Waals surface area contributed by atoms with Crippen LogP contribution in [0.2, 0.25) is 0 Å². The van der Waals surface area contributed by atoms with Crippen molar-refractivity contribution in [3.8, 4) is 11.5 Å². The van der Waals surface area contributed by atoms with E-state index in [-0.39, 0.29) is 6.10 Å². The molecule has 0 unspecified atom stereocenters. The monoisotopic (exact) mass is 212 g/mol. The van der Waals surface area contributed by atoms with Gasteiger partial charge in [-0.2, -0.15) is 0 Å². The molecule has 0 radical (unpaired) electrons. The molecule has 1 heterocycles. The normalized spacial score (nSPS) is 13.8. The molecule has 0 aliphatic carbocycles. The van der Waals surface area contributed by atoms with Gasteiger partial charge in [-0.1, -0.05) is 36.4 Å². The van der Waals surface area contributed by atoms with Crippen molar-refractivity contribution in [1.29, 1.82) is 0 Å². The van der Waals surface area contributed by atoms with E-state index in [4.69, 9.17) is 9.47 Å². The van der Waals surface area contributed by atoms with Gasteiger partial charge in [0, 0.05) is 18.2 Å². The summed E-state index contributed by atoms with van der Waals surface area (Å²) in [7, 11) is 1.73. The van der Waals surface area contributed by atoms with Crippen molar-refractivity contribution in [3.05, 3.63) is 59.7 Å². The zero-order valence-electron chi connectivity index (χ0n) is 9.01. The van der Waals surface area contributed by atoms with Crippen LogP contribution in [0, 0.1) is 0 Å². The topological polar surface area (TPSA) is 18.5 Å². The lowest BCUT2D eigenvalue weighted by Gasteiger charge is -2.26. The number of rotatable bonds is 1. The summed E-state index contributed by atoms with van der Waals surface area (Å²) in [5.41, 5.74) is 2.17. The molecule has 2 aromatic carbocycles. The fourth-order valence-electron chi connectivity index (χ4n) is 2.12. The van der Waals surface area contributed by atoms with E-state index in [0.717, 1.165) is 22.6 Å². The van der Waals surface area contributed by atoms with Crippen molar-refractivity contribution in [2.45, 2.75) is 6.10 Å². The third kappa shape index (κ3) is 1.31. The van der Waals surface area contributed by atoms with E-state index in [1.807, 2.05) is 48.5 Å². The quantitative estimate of drug-likeness (QED) is 0.720. The van der Waals surface area contributed by atoms with Crippen molar-refractivity contribution < 1.29 is 9.47 Å². The molecule has 0 bridgehead atoms.